The molecule has 3 rings (SSSR count). The van der Waals surface area contributed by atoms with Crippen molar-refractivity contribution in [3.63, 3.8) is 0 Å². The molecule has 0 unspecified atom stereocenters. The highest BCUT2D eigenvalue weighted by Crippen LogP contribution is 2.26. The number of esters is 1. The van der Waals surface area contributed by atoms with Gasteiger partial charge in [0.2, 0.25) is 0 Å². The topological polar surface area (TPSA) is 85.7 Å². The molecule has 0 saturated heterocycles. The summed E-state index contributed by atoms with van der Waals surface area (Å²) in [5.41, 5.74) is 1.55. The standard InChI is InChI=1S/C15H15N3O4/c1-4-22-14(19)12-8(2)13-10-7-9(21-3)5-6-11(10)16-15(20)18(13)17-12/h5-7H,4H2,1-3H3,(H,16,20). The van der Waals surface area contributed by atoms with E-state index in [1.807, 2.05) is 0 Å². The van der Waals surface area contributed by atoms with E-state index in [-0.39, 0.29) is 12.3 Å². The number of fused-ring (bicyclic) bond motifs is 3. The fraction of sp³-hybridized carbons (Fsp3) is 0.267. The number of aromatic nitrogens is 3. The summed E-state index contributed by atoms with van der Waals surface area (Å²) in [5, 5.41) is 4.84. The van der Waals surface area contributed by atoms with E-state index in [1.165, 1.54) is 4.52 Å². The van der Waals surface area contributed by atoms with Crippen molar-refractivity contribution in [1.82, 2.24) is 14.6 Å². The lowest BCUT2D eigenvalue weighted by atomic mass is 10.1. The van der Waals surface area contributed by atoms with Crippen molar-refractivity contribution in [2.45, 2.75) is 13.8 Å². The summed E-state index contributed by atoms with van der Waals surface area (Å²) in [4.78, 5) is 26.9. The zero-order valence-electron chi connectivity index (χ0n) is 12.5. The molecule has 0 aliphatic heterocycles. The van der Waals surface area contributed by atoms with Gasteiger partial charge in [-0.3, -0.25) is 0 Å². The van der Waals surface area contributed by atoms with E-state index < -0.39 is 11.7 Å². The minimum atomic E-state index is -0.542. The van der Waals surface area contributed by atoms with E-state index in [1.54, 1.807) is 39.2 Å². The third kappa shape index (κ3) is 2.02. The van der Waals surface area contributed by atoms with Gasteiger partial charge in [0.15, 0.2) is 5.69 Å². The van der Waals surface area contributed by atoms with Crippen LogP contribution in [0.2, 0.25) is 0 Å². The molecule has 0 radical (unpaired) electrons. The summed E-state index contributed by atoms with van der Waals surface area (Å²) in [6.45, 7) is 3.71. The SMILES string of the molecule is CCOC(=O)c1nn2c(=O)[nH]c3ccc(OC)cc3c2c1C. The lowest BCUT2D eigenvalue weighted by molar-refractivity contribution is 0.0518. The molecule has 0 saturated carbocycles. The van der Waals surface area contributed by atoms with Gasteiger partial charge >= 0.3 is 11.7 Å². The van der Waals surface area contributed by atoms with Crippen LogP contribution in [0.4, 0.5) is 0 Å². The molecule has 0 fully saturated rings. The van der Waals surface area contributed by atoms with Crippen LogP contribution in [0.25, 0.3) is 16.4 Å². The van der Waals surface area contributed by atoms with Crippen LogP contribution in [0.3, 0.4) is 0 Å². The fourth-order valence-corrected chi connectivity index (χ4v) is 2.48. The van der Waals surface area contributed by atoms with E-state index in [4.69, 9.17) is 9.47 Å². The van der Waals surface area contributed by atoms with E-state index in [2.05, 4.69) is 10.1 Å². The van der Waals surface area contributed by atoms with Gasteiger partial charge in [-0.25, -0.2) is 9.59 Å². The third-order valence-corrected chi connectivity index (χ3v) is 3.51. The molecule has 0 aliphatic rings. The highest BCUT2D eigenvalue weighted by atomic mass is 16.5. The number of hydrogen-bond donors (Lipinski definition) is 1. The Hall–Kier alpha value is -2.83. The van der Waals surface area contributed by atoms with Crippen LogP contribution >= 0.6 is 0 Å². The number of aryl methyl sites for hydroxylation is 1. The van der Waals surface area contributed by atoms with Gasteiger partial charge in [-0.2, -0.15) is 9.61 Å². The first-order valence-electron chi connectivity index (χ1n) is 6.83. The second kappa shape index (κ2) is 5.18. The number of carbonyl (C=O) groups excluding carboxylic acids is 1. The normalized spacial score (nSPS) is 11.0. The van der Waals surface area contributed by atoms with Gasteiger partial charge in [-0.05, 0) is 32.0 Å². The van der Waals surface area contributed by atoms with E-state index >= 15 is 0 Å². The largest absolute Gasteiger partial charge is 0.497 e. The Morgan fingerprint density at radius 3 is 2.86 bits per heavy atom. The zero-order valence-corrected chi connectivity index (χ0v) is 12.5. The summed E-state index contributed by atoms with van der Waals surface area (Å²) in [6, 6.07) is 5.31. The first-order chi connectivity index (χ1) is 10.6. The summed E-state index contributed by atoms with van der Waals surface area (Å²) < 4.78 is 11.4. The summed E-state index contributed by atoms with van der Waals surface area (Å²) >= 11 is 0. The monoisotopic (exact) mass is 301 g/mol. The first-order valence-corrected chi connectivity index (χ1v) is 6.83. The van der Waals surface area contributed by atoms with Crippen LogP contribution in [-0.2, 0) is 4.74 Å². The van der Waals surface area contributed by atoms with Gasteiger partial charge in [0, 0.05) is 10.9 Å². The average molecular weight is 301 g/mol. The van der Waals surface area contributed by atoms with E-state index in [0.29, 0.717) is 22.3 Å². The van der Waals surface area contributed by atoms with Crippen molar-refractivity contribution >= 4 is 22.4 Å². The molecule has 2 heterocycles. The highest BCUT2D eigenvalue weighted by molar-refractivity contribution is 6.00. The van der Waals surface area contributed by atoms with Crippen molar-refractivity contribution in [2.75, 3.05) is 13.7 Å². The molecule has 3 aromatic rings. The van der Waals surface area contributed by atoms with Crippen LogP contribution in [0.5, 0.6) is 5.75 Å². The second-order valence-corrected chi connectivity index (χ2v) is 4.80. The van der Waals surface area contributed by atoms with Crippen LogP contribution in [-0.4, -0.2) is 34.3 Å². The smallest absolute Gasteiger partial charge is 0.359 e. The number of nitrogens with zero attached hydrogens (tertiary/aromatic N) is 2. The van der Waals surface area contributed by atoms with E-state index in [9.17, 15) is 9.59 Å². The van der Waals surface area contributed by atoms with Crippen molar-refractivity contribution in [1.29, 1.82) is 0 Å². The molecule has 1 aromatic carbocycles. The number of benzene rings is 1. The number of carbonyl (C=O) groups is 1. The molecule has 0 spiro atoms. The second-order valence-electron chi connectivity index (χ2n) is 4.80. The maximum atomic E-state index is 12.2. The Labute approximate surface area is 125 Å². The molecule has 1 N–H and O–H groups in total. The Balaban J connectivity index is 2.40. The number of rotatable bonds is 3. The number of ether oxygens (including phenoxy) is 2. The summed E-state index contributed by atoms with van der Waals surface area (Å²) in [7, 11) is 1.57. The molecule has 0 amide bonds. The van der Waals surface area contributed by atoms with Crippen LogP contribution in [0.15, 0.2) is 23.0 Å². The fourth-order valence-electron chi connectivity index (χ4n) is 2.48. The van der Waals surface area contributed by atoms with Crippen molar-refractivity contribution in [2.24, 2.45) is 0 Å². The number of H-pyrrole nitrogens is 1. The Morgan fingerprint density at radius 1 is 1.41 bits per heavy atom. The van der Waals surface area contributed by atoms with Crippen LogP contribution in [0.1, 0.15) is 23.0 Å². The molecule has 2 aromatic heterocycles. The molecule has 0 bridgehead atoms. The lowest BCUT2D eigenvalue weighted by Crippen LogP contribution is -2.18. The minimum Gasteiger partial charge on any atom is -0.497 e. The zero-order chi connectivity index (χ0) is 15.9. The third-order valence-electron chi connectivity index (χ3n) is 3.51. The molecular weight excluding hydrogens is 286 g/mol. The Morgan fingerprint density at radius 2 is 2.18 bits per heavy atom. The van der Waals surface area contributed by atoms with Crippen LogP contribution in [0, 0.1) is 6.92 Å². The number of methoxy groups -OCH3 is 1. The minimum absolute atomic E-state index is 0.141. The predicted molar refractivity (Wildman–Crippen MR) is 80.6 cm³/mol. The Bertz CT molecular complexity index is 939. The number of nitrogens with one attached hydrogen (secondary N) is 1. The first kappa shape index (κ1) is 14.1. The maximum Gasteiger partial charge on any atom is 0.359 e. The van der Waals surface area contributed by atoms with Gasteiger partial charge < -0.3 is 14.5 Å². The summed E-state index contributed by atoms with van der Waals surface area (Å²) in [5.74, 6) is 0.110. The molecule has 7 heteroatoms. The van der Waals surface area contributed by atoms with Crippen molar-refractivity contribution in [3.8, 4) is 5.75 Å². The van der Waals surface area contributed by atoms with Gasteiger partial charge in [-0.15, -0.1) is 0 Å². The Kier molecular flexibility index (Phi) is 3.32. The van der Waals surface area contributed by atoms with Gasteiger partial charge in [0.25, 0.3) is 0 Å². The molecule has 7 nitrogen and oxygen atoms in total. The maximum absolute atomic E-state index is 12.2. The molecule has 114 valence electrons. The van der Waals surface area contributed by atoms with E-state index in [0.717, 1.165) is 5.39 Å². The number of hydrogen-bond acceptors (Lipinski definition) is 5. The summed E-state index contributed by atoms with van der Waals surface area (Å²) in [6.07, 6.45) is 0. The quantitative estimate of drug-likeness (QED) is 0.744. The van der Waals surface area contributed by atoms with Gasteiger partial charge in [0.1, 0.15) is 5.75 Å². The average Bonchev–Trinajstić information content (AvgIpc) is 2.86. The van der Waals surface area contributed by atoms with Crippen molar-refractivity contribution in [3.05, 3.63) is 39.9 Å². The lowest BCUT2D eigenvalue weighted by Gasteiger charge is -2.04. The molecule has 0 atom stereocenters. The molecule has 22 heavy (non-hydrogen) atoms. The molecule has 0 aliphatic carbocycles. The van der Waals surface area contributed by atoms with Gasteiger partial charge in [0.05, 0.1) is 24.8 Å². The highest BCUT2D eigenvalue weighted by Gasteiger charge is 2.20. The molecular formula is C15H15N3O4. The predicted octanol–water partition coefficient (Wildman–Crippen LogP) is 1.67. The number of aromatic amines is 1. The van der Waals surface area contributed by atoms with Crippen molar-refractivity contribution < 1.29 is 14.3 Å². The van der Waals surface area contributed by atoms with Crippen LogP contribution < -0.4 is 10.4 Å². The van der Waals surface area contributed by atoms with Gasteiger partial charge in [-0.1, -0.05) is 0 Å².